The lowest BCUT2D eigenvalue weighted by Crippen LogP contribution is -2.21. The monoisotopic (exact) mass is 375 g/mol. The van der Waals surface area contributed by atoms with Crippen LogP contribution in [-0.4, -0.2) is 28.5 Å². The van der Waals surface area contributed by atoms with Crippen LogP contribution < -0.4 is 4.72 Å². The van der Waals surface area contributed by atoms with E-state index in [9.17, 15) is 26.4 Å². The predicted octanol–water partition coefficient (Wildman–Crippen LogP) is 2.16. The molecule has 0 spiro atoms. The molecule has 0 unspecified atom stereocenters. The van der Waals surface area contributed by atoms with Crippen LogP contribution >= 0.6 is 15.9 Å². The summed E-state index contributed by atoms with van der Waals surface area (Å²) in [7, 11) is -2.13. The molecule has 1 N–H and O–H groups in total. The number of halogens is 4. The number of carbonyl (C=O) groups is 1. The van der Waals surface area contributed by atoms with Gasteiger partial charge in [-0.25, -0.2) is 17.9 Å². The minimum atomic E-state index is -4.90. The van der Waals surface area contributed by atoms with Gasteiger partial charge >= 0.3 is 12.1 Å². The Kier molecular flexibility index (Phi) is 4.82. The van der Waals surface area contributed by atoms with Crippen LogP contribution in [-0.2, 0) is 20.9 Å². The van der Waals surface area contributed by atoms with E-state index < -0.39 is 38.2 Å². The highest BCUT2D eigenvalue weighted by atomic mass is 79.9. The first kappa shape index (κ1) is 16.9. The first-order valence-corrected chi connectivity index (χ1v) is 7.24. The molecule has 0 aromatic heterocycles. The van der Waals surface area contributed by atoms with Gasteiger partial charge in [-0.1, -0.05) is 0 Å². The summed E-state index contributed by atoms with van der Waals surface area (Å²) < 4.78 is 68.0. The minimum Gasteiger partial charge on any atom is -0.465 e. The van der Waals surface area contributed by atoms with Crippen molar-refractivity contribution in [1.82, 2.24) is 4.72 Å². The molecule has 0 bridgehead atoms. The maximum Gasteiger partial charge on any atom is 0.417 e. The van der Waals surface area contributed by atoms with Gasteiger partial charge in [-0.3, -0.25) is 0 Å². The van der Waals surface area contributed by atoms with E-state index in [-0.39, 0.29) is 4.47 Å². The second kappa shape index (κ2) is 5.70. The van der Waals surface area contributed by atoms with E-state index >= 15 is 0 Å². The highest BCUT2D eigenvalue weighted by Crippen LogP contribution is 2.36. The zero-order chi connectivity index (χ0) is 15.7. The fraction of sp³-hybridized carbons (Fsp3) is 0.300. The fourth-order valence-corrected chi connectivity index (χ4v) is 3.17. The molecule has 112 valence electrons. The van der Waals surface area contributed by atoms with Gasteiger partial charge in [0.25, 0.3) is 0 Å². The Hall–Kier alpha value is -1.13. The van der Waals surface area contributed by atoms with Crippen molar-refractivity contribution < 1.29 is 31.1 Å². The number of hydrogen-bond donors (Lipinski definition) is 1. The van der Waals surface area contributed by atoms with Crippen LogP contribution in [0.25, 0.3) is 0 Å². The van der Waals surface area contributed by atoms with E-state index in [2.05, 4.69) is 20.7 Å². The molecule has 20 heavy (non-hydrogen) atoms. The van der Waals surface area contributed by atoms with Crippen LogP contribution in [0.5, 0.6) is 0 Å². The topological polar surface area (TPSA) is 72.5 Å². The van der Waals surface area contributed by atoms with Crippen LogP contribution in [0.1, 0.15) is 15.9 Å². The Morgan fingerprint density at radius 1 is 1.35 bits per heavy atom. The highest BCUT2D eigenvalue weighted by molar-refractivity contribution is 9.10. The average molecular weight is 376 g/mol. The maximum absolute atomic E-state index is 12.9. The standard InChI is InChI=1S/C10H9BrF3NO4S/c1-15-20(17,18)8-4-6(10(12,13)14)5(3-7(8)11)9(16)19-2/h3-4,15H,1-2H3. The molecule has 5 nitrogen and oxygen atoms in total. The first-order valence-electron chi connectivity index (χ1n) is 4.97. The molecule has 1 rings (SSSR count). The average Bonchev–Trinajstić information content (AvgIpc) is 2.35. The number of sulfonamides is 1. The normalized spacial score (nSPS) is 12.3. The first-order chi connectivity index (χ1) is 9.04. The quantitative estimate of drug-likeness (QED) is 0.821. The molecule has 0 amide bonds. The molecule has 0 saturated heterocycles. The minimum absolute atomic E-state index is 0.180. The molecule has 0 saturated carbocycles. The largest absolute Gasteiger partial charge is 0.465 e. The number of benzene rings is 1. The number of alkyl halides is 3. The van der Waals surface area contributed by atoms with Crippen molar-refractivity contribution in [3.8, 4) is 0 Å². The number of rotatable bonds is 3. The second-order valence-corrected chi connectivity index (χ2v) is 6.23. The second-order valence-electron chi connectivity index (χ2n) is 3.53. The lowest BCUT2D eigenvalue weighted by molar-refractivity contribution is -0.138. The zero-order valence-electron chi connectivity index (χ0n) is 10.2. The zero-order valence-corrected chi connectivity index (χ0v) is 12.6. The summed E-state index contributed by atoms with van der Waals surface area (Å²) in [5.74, 6) is -1.22. The van der Waals surface area contributed by atoms with Crippen molar-refractivity contribution in [3.63, 3.8) is 0 Å². The van der Waals surface area contributed by atoms with E-state index in [0.717, 1.165) is 20.2 Å². The number of nitrogens with one attached hydrogen (secondary N) is 1. The van der Waals surface area contributed by atoms with Gasteiger partial charge in [0.15, 0.2) is 0 Å². The van der Waals surface area contributed by atoms with Crippen molar-refractivity contribution in [3.05, 3.63) is 27.7 Å². The van der Waals surface area contributed by atoms with Gasteiger partial charge in [-0.2, -0.15) is 13.2 Å². The Morgan fingerprint density at radius 2 is 1.90 bits per heavy atom. The van der Waals surface area contributed by atoms with Crippen LogP contribution in [0, 0.1) is 0 Å². The lowest BCUT2D eigenvalue weighted by Gasteiger charge is -2.14. The number of hydrogen-bond acceptors (Lipinski definition) is 4. The summed E-state index contributed by atoms with van der Waals surface area (Å²) in [4.78, 5) is 10.7. The Morgan fingerprint density at radius 3 is 2.30 bits per heavy atom. The molecule has 10 heteroatoms. The van der Waals surface area contributed by atoms with Crippen molar-refractivity contribution in [2.75, 3.05) is 14.2 Å². The summed E-state index contributed by atoms with van der Waals surface area (Å²) in [5.41, 5.74) is -2.16. The van der Waals surface area contributed by atoms with Gasteiger partial charge in [-0.15, -0.1) is 0 Å². The summed E-state index contributed by atoms with van der Waals surface area (Å²) in [6, 6.07) is 1.14. The summed E-state index contributed by atoms with van der Waals surface area (Å²) in [6.07, 6.45) is -4.90. The highest BCUT2D eigenvalue weighted by Gasteiger charge is 2.37. The van der Waals surface area contributed by atoms with E-state index in [1.165, 1.54) is 0 Å². The molecule has 0 atom stereocenters. The molecule has 0 radical (unpaired) electrons. The summed E-state index contributed by atoms with van der Waals surface area (Å²) in [6.45, 7) is 0. The van der Waals surface area contributed by atoms with Crippen LogP contribution in [0.15, 0.2) is 21.5 Å². The number of carbonyl (C=O) groups excluding carboxylic acids is 1. The molecule has 1 aromatic carbocycles. The molecule has 0 aliphatic carbocycles. The van der Waals surface area contributed by atoms with E-state index in [1.807, 2.05) is 4.72 Å². The van der Waals surface area contributed by atoms with E-state index in [4.69, 9.17) is 0 Å². The fourth-order valence-electron chi connectivity index (χ4n) is 1.38. The molecule has 0 fully saturated rings. The molecule has 0 heterocycles. The van der Waals surface area contributed by atoms with Crippen molar-refractivity contribution in [2.24, 2.45) is 0 Å². The van der Waals surface area contributed by atoms with Gasteiger partial charge < -0.3 is 4.74 Å². The summed E-state index contributed by atoms with van der Waals surface area (Å²) in [5, 5.41) is 0. The van der Waals surface area contributed by atoms with E-state index in [0.29, 0.717) is 6.07 Å². The number of ether oxygens (including phenoxy) is 1. The third-order valence-electron chi connectivity index (χ3n) is 2.34. The van der Waals surface area contributed by atoms with Crippen molar-refractivity contribution in [2.45, 2.75) is 11.1 Å². The molecular formula is C10H9BrF3NO4S. The smallest absolute Gasteiger partial charge is 0.417 e. The summed E-state index contributed by atoms with van der Waals surface area (Å²) >= 11 is 2.83. The number of esters is 1. The van der Waals surface area contributed by atoms with Gasteiger partial charge in [0.05, 0.1) is 23.1 Å². The molecular weight excluding hydrogens is 367 g/mol. The van der Waals surface area contributed by atoms with Crippen molar-refractivity contribution in [1.29, 1.82) is 0 Å². The maximum atomic E-state index is 12.9. The SMILES string of the molecule is CNS(=O)(=O)c1cc(C(F)(F)F)c(C(=O)OC)cc1Br. The Balaban J connectivity index is 3.70. The van der Waals surface area contributed by atoms with Gasteiger partial charge in [-0.05, 0) is 35.1 Å². The van der Waals surface area contributed by atoms with Crippen molar-refractivity contribution >= 4 is 31.9 Å². The molecule has 0 aliphatic rings. The third-order valence-corrected chi connectivity index (χ3v) is 4.71. The number of methoxy groups -OCH3 is 1. The Bertz CT molecular complexity index is 643. The lowest BCUT2D eigenvalue weighted by atomic mass is 10.1. The van der Waals surface area contributed by atoms with Crippen LogP contribution in [0.4, 0.5) is 13.2 Å². The third kappa shape index (κ3) is 3.30. The van der Waals surface area contributed by atoms with Gasteiger partial charge in [0.2, 0.25) is 10.0 Å². The Labute approximate surface area is 121 Å². The predicted molar refractivity (Wildman–Crippen MR) is 66.7 cm³/mol. The molecule has 0 aliphatic heterocycles. The van der Waals surface area contributed by atoms with Gasteiger partial charge in [0.1, 0.15) is 0 Å². The van der Waals surface area contributed by atoms with Crippen LogP contribution in [0.2, 0.25) is 0 Å². The van der Waals surface area contributed by atoms with Gasteiger partial charge in [0, 0.05) is 4.47 Å². The van der Waals surface area contributed by atoms with Crippen LogP contribution in [0.3, 0.4) is 0 Å². The molecule has 1 aromatic rings. The van der Waals surface area contributed by atoms with E-state index in [1.54, 1.807) is 0 Å².